The molecule has 3 aromatic carbocycles. The van der Waals surface area contributed by atoms with E-state index in [1.54, 1.807) is 30.3 Å². The van der Waals surface area contributed by atoms with E-state index in [4.69, 9.17) is 4.74 Å². The second-order valence-electron chi connectivity index (χ2n) is 5.84. The van der Waals surface area contributed by atoms with Crippen molar-refractivity contribution in [3.05, 3.63) is 83.9 Å². The van der Waals surface area contributed by atoms with E-state index in [-0.39, 0.29) is 6.42 Å². The molecule has 0 aromatic heterocycles. The van der Waals surface area contributed by atoms with Crippen molar-refractivity contribution in [3.63, 3.8) is 0 Å². The highest BCUT2D eigenvalue weighted by Crippen LogP contribution is 2.19. The van der Waals surface area contributed by atoms with Gasteiger partial charge in [-0.1, -0.05) is 60.7 Å². The van der Waals surface area contributed by atoms with Crippen LogP contribution in [0.5, 0.6) is 0 Å². The van der Waals surface area contributed by atoms with E-state index in [2.05, 4.69) is 10.9 Å². The van der Waals surface area contributed by atoms with Crippen molar-refractivity contribution in [1.82, 2.24) is 10.9 Å². The molecule has 2 amide bonds. The van der Waals surface area contributed by atoms with E-state index in [0.29, 0.717) is 5.56 Å². The minimum Gasteiger partial charge on any atom is -0.455 e. The number of carbonyl (C=O) groups excluding carboxylic acids is 3. The summed E-state index contributed by atoms with van der Waals surface area (Å²) >= 11 is 0. The topological polar surface area (TPSA) is 84.5 Å². The number of carbonyl (C=O) groups is 3. The molecule has 0 radical (unpaired) electrons. The van der Waals surface area contributed by atoms with Gasteiger partial charge >= 0.3 is 5.97 Å². The van der Waals surface area contributed by atoms with Gasteiger partial charge in [-0.2, -0.15) is 0 Å². The Labute approximate surface area is 156 Å². The van der Waals surface area contributed by atoms with Gasteiger partial charge in [0.1, 0.15) is 0 Å². The number of hydrogen-bond acceptors (Lipinski definition) is 4. The molecule has 0 aliphatic heterocycles. The third kappa shape index (κ3) is 4.92. The second kappa shape index (κ2) is 8.62. The number of esters is 1. The fraction of sp³-hybridized carbons (Fsp3) is 0.0952. The number of nitrogens with one attached hydrogen (secondary N) is 2. The highest BCUT2D eigenvalue weighted by Gasteiger charge is 2.11. The van der Waals surface area contributed by atoms with Gasteiger partial charge in [0.2, 0.25) is 0 Å². The Bertz CT molecular complexity index is 965. The lowest BCUT2D eigenvalue weighted by Gasteiger charge is -2.09. The van der Waals surface area contributed by atoms with Crippen LogP contribution >= 0.6 is 0 Å². The minimum absolute atomic E-state index is 0.0605. The fourth-order valence-corrected chi connectivity index (χ4v) is 2.62. The smallest absolute Gasteiger partial charge is 0.310 e. The van der Waals surface area contributed by atoms with E-state index in [1.807, 2.05) is 42.5 Å². The zero-order chi connectivity index (χ0) is 19.1. The van der Waals surface area contributed by atoms with Crippen molar-refractivity contribution in [1.29, 1.82) is 0 Å². The van der Waals surface area contributed by atoms with Crippen molar-refractivity contribution in [2.24, 2.45) is 0 Å². The molecule has 0 fully saturated rings. The maximum absolute atomic E-state index is 12.0. The van der Waals surface area contributed by atoms with Gasteiger partial charge in [-0.3, -0.25) is 25.2 Å². The molecule has 27 heavy (non-hydrogen) atoms. The monoisotopic (exact) mass is 362 g/mol. The molecule has 0 spiro atoms. The van der Waals surface area contributed by atoms with E-state index in [9.17, 15) is 14.4 Å². The predicted molar refractivity (Wildman–Crippen MR) is 101 cm³/mol. The Balaban J connectivity index is 1.47. The summed E-state index contributed by atoms with van der Waals surface area (Å²) in [6, 6.07) is 21.9. The summed E-state index contributed by atoms with van der Waals surface area (Å²) in [5.74, 6) is -1.59. The lowest BCUT2D eigenvalue weighted by Crippen LogP contribution is -2.43. The lowest BCUT2D eigenvalue weighted by atomic mass is 10.0. The van der Waals surface area contributed by atoms with E-state index < -0.39 is 24.4 Å². The lowest BCUT2D eigenvalue weighted by molar-refractivity contribution is -0.148. The molecule has 0 aliphatic carbocycles. The Hall–Kier alpha value is -3.67. The Morgan fingerprint density at radius 2 is 1.48 bits per heavy atom. The Kier molecular flexibility index (Phi) is 5.79. The largest absolute Gasteiger partial charge is 0.455 e. The van der Waals surface area contributed by atoms with Gasteiger partial charge in [-0.05, 0) is 28.5 Å². The average Bonchev–Trinajstić information content (AvgIpc) is 2.71. The van der Waals surface area contributed by atoms with Crippen LogP contribution in [0.1, 0.15) is 15.9 Å². The Morgan fingerprint density at radius 3 is 2.30 bits per heavy atom. The van der Waals surface area contributed by atoms with Crippen LogP contribution in [0.15, 0.2) is 72.8 Å². The first-order chi connectivity index (χ1) is 13.1. The van der Waals surface area contributed by atoms with Gasteiger partial charge in [0.25, 0.3) is 11.8 Å². The van der Waals surface area contributed by atoms with Crippen LogP contribution in [0.2, 0.25) is 0 Å². The molecule has 6 heteroatoms. The van der Waals surface area contributed by atoms with Gasteiger partial charge < -0.3 is 4.74 Å². The molecular weight excluding hydrogens is 344 g/mol. The molecule has 0 aliphatic rings. The van der Waals surface area contributed by atoms with Crippen molar-refractivity contribution >= 4 is 28.6 Å². The van der Waals surface area contributed by atoms with Crippen LogP contribution in [0.4, 0.5) is 0 Å². The number of amides is 2. The summed E-state index contributed by atoms with van der Waals surface area (Å²) in [4.78, 5) is 35.6. The average molecular weight is 362 g/mol. The minimum atomic E-state index is -0.620. The summed E-state index contributed by atoms with van der Waals surface area (Å²) in [7, 11) is 0. The number of ether oxygens (including phenoxy) is 1. The summed E-state index contributed by atoms with van der Waals surface area (Å²) in [6.07, 6.45) is 0.0605. The number of hydrogen-bond donors (Lipinski definition) is 2. The zero-order valence-electron chi connectivity index (χ0n) is 14.5. The van der Waals surface area contributed by atoms with Crippen LogP contribution in [0.25, 0.3) is 10.8 Å². The van der Waals surface area contributed by atoms with Crippen molar-refractivity contribution in [2.45, 2.75) is 6.42 Å². The van der Waals surface area contributed by atoms with Gasteiger partial charge in [0.15, 0.2) is 6.61 Å². The summed E-state index contributed by atoms with van der Waals surface area (Å²) in [5, 5.41) is 2.00. The third-order valence-electron chi connectivity index (χ3n) is 3.93. The third-order valence-corrected chi connectivity index (χ3v) is 3.93. The molecule has 0 atom stereocenters. The quantitative estimate of drug-likeness (QED) is 0.539. The molecule has 3 rings (SSSR count). The molecule has 136 valence electrons. The van der Waals surface area contributed by atoms with Gasteiger partial charge in [0.05, 0.1) is 6.42 Å². The van der Waals surface area contributed by atoms with Crippen LogP contribution < -0.4 is 10.9 Å². The molecule has 0 saturated heterocycles. The number of hydrazine groups is 1. The second-order valence-corrected chi connectivity index (χ2v) is 5.84. The highest BCUT2D eigenvalue weighted by atomic mass is 16.5. The number of rotatable bonds is 5. The summed E-state index contributed by atoms with van der Waals surface area (Å²) in [5.41, 5.74) is 5.72. The molecule has 2 N–H and O–H groups in total. The Morgan fingerprint density at radius 1 is 0.778 bits per heavy atom. The molecular formula is C21H18N2O4. The molecule has 0 heterocycles. The van der Waals surface area contributed by atoms with Crippen LogP contribution in [0, 0.1) is 0 Å². The first-order valence-electron chi connectivity index (χ1n) is 8.40. The maximum atomic E-state index is 12.0. The molecule has 3 aromatic rings. The van der Waals surface area contributed by atoms with E-state index >= 15 is 0 Å². The van der Waals surface area contributed by atoms with Crippen molar-refractivity contribution < 1.29 is 19.1 Å². The molecule has 0 bridgehead atoms. The normalized spacial score (nSPS) is 10.2. The van der Waals surface area contributed by atoms with Crippen LogP contribution in [-0.4, -0.2) is 24.4 Å². The van der Waals surface area contributed by atoms with Crippen molar-refractivity contribution in [3.8, 4) is 0 Å². The van der Waals surface area contributed by atoms with Crippen LogP contribution in [-0.2, 0) is 20.7 Å². The summed E-state index contributed by atoms with van der Waals surface area (Å²) < 4.78 is 4.99. The first-order valence-corrected chi connectivity index (χ1v) is 8.40. The summed E-state index contributed by atoms with van der Waals surface area (Å²) in [6.45, 7) is -0.474. The predicted octanol–water partition coefficient (Wildman–Crippen LogP) is 2.39. The van der Waals surface area contributed by atoms with Crippen molar-refractivity contribution in [2.75, 3.05) is 6.61 Å². The molecule has 0 unspecified atom stereocenters. The fourth-order valence-electron chi connectivity index (χ4n) is 2.62. The number of benzene rings is 3. The number of fused-ring (bicyclic) bond motifs is 1. The first kappa shape index (κ1) is 18.1. The van der Waals surface area contributed by atoms with E-state index in [1.165, 1.54) is 0 Å². The molecule has 0 saturated carbocycles. The van der Waals surface area contributed by atoms with Gasteiger partial charge in [-0.15, -0.1) is 0 Å². The van der Waals surface area contributed by atoms with Gasteiger partial charge in [-0.25, -0.2) is 0 Å². The van der Waals surface area contributed by atoms with Crippen LogP contribution in [0.3, 0.4) is 0 Å². The SMILES string of the molecule is O=C(COC(=O)Cc1cccc2ccccc12)NNC(=O)c1ccccc1. The van der Waals surface area contributed by atoms with E-state index in [0.717, 1.165) is 16.3 Å². The van der Waals surface area contributed by atoms with Gasteiger partial charge in [0, 0.05) is 5.56 Å². The highest BCUT2D eigenvalue weighted by molar-refractivity contribution is 5.95. The maximum Gasteiger partial charge on any atom is 0.310 e. The molecule has 6 nitrogen and oxygen atoms in total. The standard InChI is InChI=1S/C21H18N2O4/c24-19(22-23-21(26)16-8-2-1-3-9-16)14-27-20(25)13-17-11-6-10-15-7-4-5-12-18(15)17/h1-12H,13-14H2,(H,22,24)(H,23,26). The zero-order valence-corrected chi connectivity index (χ0v) is 14.5.